The Kier molecular flexibility index (Phi) is 5.17. The number of rotatable bonds is 6. The van der Waals surface area contributed by atoms with Gasteiger partial charge in [-0.25, -0.2) is 4.98 Å². The van der Waals surface area contributed by atoms with Gasteiger partial charge in [-0.3, -0.25) is 4.79 Å². The molecule has 3 aromatic heterocycles. The van der Waals surface area contributed by atoms with Gasteiger partial charge in [0.15, 0.2) is 0 Å². The summed E-state index contributed by atoms with van der Waals surface area (Å²) in [7, 11) is 0. The quantitative estimate of drug-likeness (QED) is 0.498. The van der Waals surface area contributed by atoms with Crippen molar-refractivity contribution in [3.05, 3.63) is 64.7 Å². The van der Waals surface area contributed by atoms with Gasteiger partial charge in [-0.1, -0.05) is 24.8 Å². The first kappa shape index (κ1) is 17.7. The highest BCUT2D eigenvalue weighted by Crippen LogP contribution is 2.29. The molecule has 3 heterocycles. The maximum atomic E-state index is 12.1. The Hall–Kier alpha value is -2.71. The van der Waals surface area contributed by atoms with Crippen LogP contribution in [0.2, 0.25) is 0 Å². The van der Waals surface area contributed by atoms with E-state index in [4.69, 9.17) is 0 Å². The molecule has 0 aliphatic carbocycles. The Bertz CT molecular complexity index is 1060. The average Bonchev–Trinajstić information content (AvgIpc) is 3.34. The van der Waals surface area contributed by atoms with Crippen LogP contribution in [0.5, 0.6) is 0 Å². The molecule has 0 fully saturated rings. The van der Waals surface area contributed by atoms with Crippen molar-refractivity contribution in [2.24, 2.45) is 0 Å². The monoisotopic (exact) mass is 395 g/mol. The number of nitrogens with one attached hydrogen (secondary N) is 1. The normalized spacial score (nSPS) is 11.0. The van der Waals surface area contributed by atoms with Crippen molar-refractivity contribution in [1.82, 2.24) is 19.6 Å². The summed E-state index contributed by atoms with van der Waals surface area (Å²) >= 11 is 3.18. The number of fused-ring (bicyclic) bond motifs is 1. The van der Waals surface area contributed by atoms with Crippen molar-refractivity contribution in [1.29, 1.82) is 0 Å². The van der Waals surface area contributed by atoms with Gasteiger partial charge in [0.05, 0.1) is 6.42 Å². The lowest BCUT2D eigenvalue weighted by atomic mass is 10.3. The highest BCUT2D eigenvalue weighted by molar-refractivity contribution is 7.99. The third-order valence-electron chi connectivity index (χ3n) is 3.91. The van der Waals surface area contributed by atoms with E-state index >= 15 is 0 Å². The zero-order valence-corrected chi connectivity index (χ0v) is 16.3. The number of hydrogen-bond acceptors (Lipinski definition) is 6. The number of amides is 1. The summed E-state index contributed by atoms with van der Waals surface area (Å²) in [6.45, 7) is 2.07. The molecular formula is C19H17N5OS2. The molecule has 1 aromatic carbocycles. The number of anilines is 1. The highest BCUT2D eigenvalue weighted by Gasteiger charge is 2.09. The van der Waals surface area contributed by atoms with Crippen LogP contribution in [0.3, 0.4) is 0 Å². The summed E-state index contributed by atoms with van der Waals surface area (Å²) < 4.78 is 1.74. The average molecular weight is 396 g/mol. The van der Waals surface area contributed by atoms with E-state index < -0.39 is 0 Å². The second kappa shape index (κ2) is 7.89. The molecule has 8 heteroatoms. The molecule has 0 spiro atoms. The summed E-state index contributed by atoms with van der Waals surface area (Å²) in [6, 6.07) is 13.7. The number of thiophene rings is 1. The van der Waals surface area contributed by atoms with Gasteiger partial charge in [0, 0.05) is 21.2 Å². The molecule has 136 valence electrons. The van der Waals surface area contributed by atoms with Gasteiger partial charge >= 0.3 is 0 Å². The third kappa shape index (κ3) is 4.17. The Morgan fingerprint density at radius 2 is 2.11 bits per heavy atom. The van der Waals surface area contributed by atoms with Crippen molar-refractivity contribution >= 4 is 40.5 Å². The van der Waals surface area contributed by atoms with E-state index in [1.807, 2.05) is 47.8 Å². The van der Waals surface area contributed by atoms with Crippen molar-refractivity contribution < 1.29 is 4.79 Å². The molecule has 0 atom stereocenters. The van der Waals surface area contributed by atoms with Crippen LogP contribution in [0.25, 0.3) is 5.78 Å². The molecule has 1 N–H and O–H groups in total. The molecule has 0 aliphatic rings. The van der Waals surface area contributed by atoms with Crippen LogP contribution in [0, 0.1) is 0 Å². The van der Waals surface area contributed by atoms with Gasteiger partial charge in [0.2, 0.25) is 5.91 Å². The molecule has 6 nitrogen and oxygen atoms in total. The van der Waals surface area contributed by atoms with Gasteiger partial charge in [0.25, 0.3) is 5.78 Å². The minimum Gasteiger partial charge on any atom is -0.326 e. The first-order chi connectivity index (χ1) is 13.2. The topological polar surface area (TPSA) is 72.2 Å². The molecule has 0 saturated carbocycles. The first-order valence-electron chi connectivity index (χ1n) is 8.51. The van der Waals surface area contributed by atoms with E-state index in [1.165, 1.54) is 6.33 Å². The Morgan fingerprint density at radius 3 is 2.85 bits per heavy atom. The van der Waals surface area contributed by atoms with E-state index in [1.54, 1.807) is 27.6 Å². The lowest BCUT2D eigenvalue weighted by Gasteiger charge is -2.08. The molecule has 0 bridgehead atoms. The number of benzene rings is 1. The standard InChI is InChI=1S/C19H17N5OS2/c1-2-13-10-18(24-19(23-13)20-12-21-24)27-15-7-5-14(6-8-15)22-17(25)11-16-4-3-9-26-16/h3-10,12H,2,11H2,1H3,(H,22,25). The zero-order chi connectivity index (χ0) is 18.6. The van der Waals surface area contributed by atoms with Crippen LogP contribution >= 0.6 is 23.1 Å². The number of nitrogens with zero attached hydrogens (tertiary/aromatic N) is 4. The Balaban J connectivity index is 1.46. The van der Waals surface area contributed by atoms with Crippen LogP contribution in [0.4, 0.5) is 5.69 Å². The molecular weight excluding hydrogens is 378 g/mol. The van der Waals surface area contributed by atoms with Crippen LogP contribution in [0.15, 0.2) is 64.1 Å². The zero-order valence-electron chi connectivity index (χ0n) is 14.6. The van der Waals surface area contributed by atoms with E-state index in [0.29, 0.717) is 12.2 Å². The molecule has 4 rings (SSSR count). The lowest BCUT2D eigenvalue weighted by molar-refractivity contribution is -0.115. The van der Waals surface area contributed by atoms with E-state index in [9.17, 15) is 4.79 Å². The minimum atomic E-state index is -0.0103. The van der Waals surface area contributed by atoms with E-state index in [-0.39, 0.29) is 5.91 Å². The van der Waals surface area contributed by atoms with Crippen LogP contribution in [0.1, 0.15) is 17.5 Å². The summed E-state index contributed by atoms with van der Waals surface area (Å²) in [5.41, 5.74) is 1.77. The van der Waals surface area contributed by atoms with Gasteiger partial charge in [0.1, 0.15) is 11.4 Å². The Labute approximate surface area is 164 Å². The molecule has 4 aromatic rings. The molecule has 0 aliphatic heterocycles. The minimum absolute atomic E-state index is 0.0103. The number of aryl methyl sites for hydroxylation is 1. The molecule has 0 saturated heterocycles. The highest BCUT2D eigenvalue weighted by atomic mass is 32.2. The van der Waals surface area contributed by atoms with Gasteiger partial charge in [-0.15, -0.1) is 11.3 Å². The Morgan fingerprint density at radius 1 is 1.26 bits per heavy atom. The second-order valence-corrected chi connectivity index (χ2v) is 7.97. The summed E-state index contributed by atoms with van der Waals surface area (Å²) in [5, 5.41) is 10.1. The van der Waals surface area contributed by atoms with Crippen molar-refractivity contribution in [2.75, 3.05) is 5.32 Å². The SMILES string of the molecule is CCc1cc(Sc2ccc(NC(=O)Cc3cccs3)cc2)n2ncnc2n1. The number of carbonyl (C=O) groups is 1. The first-order valence-corrected chi connectivity index (χ1v) is 10.2. The number of hydrogen-bond donors (Lipinski definition) is 1. The van der Waals surface area contributed by atoms with Crippen LogP contribution in [-0.4, -0.2) is 25.5 Å². The van der Waals surface area contributed by atoms with Gasteiger partial charge in [-0.2, -0.15) is 14.6 Å². The maximum absolute atomic E-state index is 12.1. The van der Waals surface area contributed by atoms with Gasteiger partial charge < -0.3 is 5.32 Å². The molecule has 27 heavy (non-hydrogen) atoms. The van der Waals surface area contributed by atoms with Gasteiger partial charge in [-0.05, 0) is 48.2 Å². The largest absolute Gasteiger partial charge is 0.326 e. The predicted octanol–water partition coefficient (Wildman–Crippen LogP) is 4.08. The fourth-order valence-corrected chi connectivity index (χ4v) is 4.22. The van der Waals surface area contributed by atoms with Crippen molar-refractivity contribution in [3.63, 3.8) is 0 Å². The molecule has 0 unspecified atom stereocenters. The van der Waals surface area contributed by atoms with Crippen LogP contribution in [-0.2, 0) is 17.6 Å². The molecule has 1 amide bonds. The van der Waals surface area contributed by atoms with E-state index in [0.717, 1.165) is 32.6 Å². The lowest BCUT2D eigenvalue weighted by Crippen LogP contribution is -2.13. The molecule has 0 radical (unpaired) electrons. The fourth-order valence-electron chi connectivity index (χ4n) is 2.59. The summed E-state index contributed by atoms with van der Waals surface area (Å²) in [5.74, 6) is 0.596. The predicted molar refractivity (Wildman–Crippen MR) is 107 cm³/mol. The van der Waals surface area contributed by atoms with Crippen molar-refractivity contribution in [2.45, 2.75) is 29.7 Å². The van der Waals surface area contributed by atoms with Crippen LogP contribution < -0.4 is 5.32 Å². The maximum Gasteiger partial charge on any atom is 0.253 e. The smallest absolute Gasteiger partial charge is 0.253 e. The third-order valence-corrected chi connectivity index (χ3v) is 5.79. The van der Waals surface area contributed by atoms with Crippen molar-refractivity contribution in [3.8, 4) is 0 Å². The van der Waals surface area contributed by atoms with E-state index in [2.05, 4.69) is 27.3 Å². The fraction of sp³-hybridized carbons (Fsp3) is 0.158. The summed E-state index contributed by atoms with van der Waals surface area (Å²) in [4.78, 5) is 22.9. The number of carbonyl (C=O) groups excluding carboxylic acids is 1. The second-order valence-electron chi connectivity index (χ2n) is 5.84. The number of aromatic nitrogens is 4. The summed E-state index contributed by atoms with van der Waals surface area (Å²) in [6.07, 6.45) is 2.75.